The molecule has 7 nitrogen and oxygen atoms in total. The monoisotopic (exact) mass is 333 g/mol. The van der Waals surface area contributed by atoms with E-state index in [1.807, 2.05) is 16.9 Å². The highest BCUT2D eigenvalue weighted by molar-refractivity contribution is 5.78. The van der Waals surface area contributed by atoms with Crippen molar-refractivity contribution in [3.8, 4) is 0 Å². The number of likely N-dealkylation sites (tertiary alicyclic amines) is 1. The molecule has 3 amide bonds. The van der Waals surface area contributed by atoms with Gasteiger partial charge in [-0.2, -0.15) is 0 Å². The SMILES string of the molecule is O=C(NNC(=O)N1CC(OC(F)(F)F)C1)OCc1ccccc1. The normalized spacial score (nSPS) is 14.8. The van der Waals surface area contributed by atoms with Crippen LogP contribution in [0.5, 0.6) is 0 Å². The van der Waals surface area contributed by atoms with Crippen LogP contribution in [0.2, 0.25) is 0 Å². The largest absolute Gasteiger partial charge is 0.522 e. The molecule has 0 unspecified atom stereocenters. The van der Waals surface area contributed by atoms with Crippen molar-refractivity contribution in [2.24, 2.45) is 0 Å². The molecular weight excluding hydrogens is 319 g/mol. The molecule has 1 saturated heterocycles. The van der Waals surface area contributed by atoms with E-state index in [-0.39, 0.29) is 19.7 Å². The molecule has 0 spiro atoms. The number of nitrogens with one attached hydrogen (secondary N) is 2. The summed E-state index contributed by atoms with van der Waals surface area (Å²) in [7, 11) is 0. The first-order valence-corrected chi connectivity index (χ1v) is 6.59. The summed E-state index contributed by atoms with van der Waals surface area (Å²) in [5, 5.41) is 0. The van der Waals surface area contributed by atoms with Gasteiger partial charge in [-0.15, -0.1) is 13.2 Å². The van der Waals surface area contributed by atoms with Gasteiger partial charge in [0, 0.05) is 0 Å². The molecule has 1 aliphatic rings. The average molecular weight is 333 g/mol. The molecule has 23 heavy (non-hydrogen) atoms. The van der Waals surface area contributed by atoms with Gasteiger partial charge < -0.3 is 9.64 Å². The number of halogens is 3. The van der Waals surface area contributed by atoms with Crippen LogP contribution in [0.1, 0.15) is 5.56 Å². The quantitative estimate of drug-likeness (QED) is 0.826. The van der Waals surface area contributed by atoms with Crippen molar-refractivity contribution in [1.82, 2.24) is 15.8 Å². The molecule has 1 aliphatic heterocycles. The second kappa shape index (κ2) is 7.18. The number of rotatable bonds is 3. The molecular formula is C13H14F3N3O4. The zero-order valence-electron chi connectivity index (χ0n) is 11.8. The number of alkyl halides is 3. The van der Waals surface area contributed by atoms with Crippen LogP contribution >= 0.6 is 0 Å². The van der Waals surface area contributed by atoms with E-state index >= 15 is 0 Å². The van der Waals surface area contributed by atoms with E-state index in [1.54, 1.807) is 24.3 Å². The van der Waals surface area contributed by atoms with Gasteiger partial charge in [-0.3, -0.25) is 4.74 Å². The zero-order valence-corrected chi connectivity index (χ0v) is 11.8. The number of benzene rings is 1. The minimum Gasteiger partial charge on any atom is -0.443 e. The first kappa shape index (κ1) is 16.9. The molecule has 1 aromatic carbocycles. The molecule has 1 heterocycles. The molecule has 0 radical (unpaired) electrons. The maximum Gasteiger partial charge on any atom is 0.522 e. The first-order chi connectivity index (χ1) is 10.8. The molecule has 126 valence electrons. The summed E-state index contributed by atoms with van der Waals surface area (Å²) in [5.74, 6) is 0. The molecule has 0 aromatic heterocycles. The van der Waals surface area contributed by atoms with Gasteiger partial charge in [-0.1, -0.05) is 30.3 Å². The van der Waals surface area contributed by atoms with Gasteiger partial charge >= 0.3 is 18.5 Å². The van der Waals surface area contributed by atoms with Gasteiger partial charge in [-0.05, 0) is 5.56 Å². The third-order valence-electron chi connectivity index (χ3n) is 2.92. The molecule has 1 fully saturated rings. The summed E-state index contributed by atoms with van der Waals surface area (Å²) >= 11 is 0. The lowest BCUT2D eigenvalue weighted by Crippen LogP contribution is -2.61. The van der Waals surface area contributed by atoms with Gasteiger partial charge in [-0.25, -0.2) is 20.4 Å². The third-order valence-corrected chi connectivity index (χ3v) is 2.92. The van der Waals surface area contributed by atoms with Crippen molar-refractivity contribution in [2.75, 3.05) is 13.1 Å². The minimum atomic E-state index is -4.73. The maximum atomic E-state index is 11.9. The molecule has 0 atom stereocenters. The fourth-order valence-corrected chi connectivity index (χ4v) is 1.81. The number of nitrogens with zero attached hydrogens (tertiary/aromatic N) is 1. The van der Waals surface area contributed by atoms with E-state index in [0.717, 1.165) is 10.5 Å². The first-order valence-electron chi connectivity index (χ1n) is 6.59. The number of hydrogen-bond acceptors (Lipinski definition) is 4. The summed E-state index contributed by atoms with van der Waals surface area (Å²) in [6.07, 6.45) is -6.70. The number of amides is 3. The molecule has 10 heteroatoms. The number of carbonyl (C=O) groups is 2. The van der Waals surface area contributed by atoms with E-state index in [2.05, 4.69) is 4.74 Å². The Morgan fingerprint density at radius 3 is 2.43 bits per heavy atom. The second-order valence-electron chi connectivity index (χ2n) is 4.71. The van der Waals surface area contributed by atoms with Gasteiger partial charge in [0.25, 0.3) is 0 Å². The van der Waals surface area contributed by atoms with Crippen LogP contribution in [0.4, 0.5) is 22.8 Å². The zero-order chi connectivity index (χ0) is 16.9. The molecule has 2 rings (SSSR count). The average Bonchev–Trinajstić information content (AvgIpc) is 2.46. The highest BCUT2D eigenvalue weighted by atomic mass is 19.4. The lowest BCUT2D eigenvalue weighted by Gasteiger charge is -2.38. The van der Waals surface area contributed by atoms with Gasteiger partial charge in [0.2, 0.25) is 0 Å². The smallest absolute Gasteiger partial charge is 0.443 e. The van der Waals surface area contributed by atoms with Crippen molar-refractivity contribution in [3.05, 3.63) is 35.9 Å². The summed E-state index contributed by atoms with van der Waals surface area (Å²) < 4.78 is 44.3. The van der Waals surface area contributed by atoms with Gasteiger partial charge in [0.1, 0.15) is 12.7 Å². The van der Waals surface area contributed by atoms with Gasteiger partial charge in [0.05, 0.1) is 13.1 Å². The van der Waals surface area contributed by atoms with Gasteiger partial charge in [0.15, 0.2) is 0 Å². The fraction of sp³-hybridized carbons (Fsp3) is 0.385. The Labute approximate surface area is 129 Å². The lowest BCUT2D eigenvalue weighted by molar-refractivity contribution is -0.352. The Kier molecular flexibility index (Phi) is 5.27. The highest BCUT2D eigenvalue weighted by Gasteiger charge is 2.40. The summed E-state index contributed by atoms with van der Waals surface area (Å²) in [4.78, 5) is 23.9. The Morgan fingerprint density at radius 1 is 1.17 bits per heavy atom. The van der Waals surface area contributed by atoms with E-state index in [1.165, 1.54) is 0 Å². The van der Waals surface area contributed by atoms with Crippen LogP contribution in [-0.4, -0.2) is 42.6 Å². The number of hydrazine groups is 1. The van der Waals surface area contributed by atoms with Crippen molar-refractivity contribution in [3.63, 3.8) is 0 Å². The number of carbonyl (C=O) groups excluding carboxylic acids is 2. The van der Waals surface area contributed by atoms with Crippen LogP contribution < -0.4 is 10.9 Å². The number of hydrogen-bond donors (Lipinski definition) is 2. The molecule has 2 N–H and O–H groups in total. The van der Waals surface area contributed by atoms with Crippen molar-refractivity contribution >= 4 is 12.1 Å². The van der Waals surface area contributed by atoms with E-state index < -0.39 is 24.6 Å². The van der Waals surface area contributed by atoms with Crippen LogP contribution in [0.15, 0.2) is 30.3 Å². The van der Waals surface area contributed by atoms with E-state index in [0.29, 0.717) is 0 Å². The van der Waals surface area contributed by atoms with Crippen molar-refractivity contribution < 1.29 is 32.2 Å². The predicted octanol–water partition coefficient (Wildman–Crippen LogP) is 1.76. The van der Waals surface area contributed by atoms with Crippen LogP contribution in [0.25, 0.3) is 0 Å². The molecule has 0 bridgehead atoms. The van der Waals surface area contributed by atoms with Crippen molar-refractivity contribution in [2.45, 2.75) is 19.1 Å². The summed E-state index contributed by atoms with van der Waals surface area (Å²) in [5.41, 5.74) is 4.80. The Hall–Kier alpha value is -2.49. The van der Waals surface area contributed by atoms with Crippen LogP contribution in [0.3, 0.4) is 0 Å². The number of ether oxygens (including phenoxy) is 2. The molecule has 1 aromatic rings. The Bertz CT molecular complexity index is 547. The maximum absolute atomic E-state index is 11.9. The molecule has 0 saturated carbocycles. The Morgan fingerprint density at radius 2 is 1.83 bits per heavy atom. The Balaban J connectivity index is 1.61. The summed E-state index contributed by atoms with van der Waals surface area (Å²) in [6.45, 7) is -0.411. The molecule has 0 aliphatic carbocycles. The third kappa shape index (κ3) is 5.66. The fourth-order valence-electron chi connectivity index (χ4n) is 1.81. The highest BCUT2D eigenvalue weighted by Crippen LogP contribution is 2.23. The summed E-state index contributed by atoms with van der Waals surface area (Å²) in [6, 6.07) is 8.14. The van der Waals surface area contributed by atoms with E-state index in [4.69, 9.17) is 4.74 Å². The minimum absolute atomic E-state index is 0.0216. The van der Waals surface area contributed by atoms with Crippen LogP contribution in [0, 0.1) is 0 Å². The second-order valence-corrected chi connectivity index (χ2v) is 4.71. The van der Waals surface area contributed by atoms with E-state index in [9.17, 15) is 22.8 Å². The lowest BCUT2D eigenvalue weighted by atomic mass is 10.2. The predicted molar refractivity (Wildman–Crippen MR) is 70.8 cm³/mol. The topological polar surface area (TPSA) is 79.9 Å². The van der Waals surface area contributed by atoms with Crippen LogP contribution in [-0.2, 0) is 16.1 Å². The number of urea groups is 1. The standard InChI is InChI=1S/C13H14F3N3O4/c14-13(15,16)23-10-6-19(7-10)11(20)17-18-12(21)22-8-9-4-2-1-3-5-9/h1-5,10H,6-8H2,(H,17,20)(H,18,21). The van der Waals surface area contributed by atoms with Crippen molar-refractivity contribution in [1.29, 1.82) is 0 Å².